The highest BCUT2D eigenvalue weighted by atomic mass is 16.4. The van der Waals surface area contributed by atoms with Gasteiger partial charge in [0.1, 0.15) is 0 Å². The van der Waals surface area contributed by atoms with Crippen LogP contribution in [0.1, 0.15) is 78.6 Å². The van der Waals surface area contributed by atoms with Crippen molar-refractivity contribution in [3.8, 4) is 0 Å². The molecule has 0 amide bonds. The lowest BCUT2D eigenvalue weighted by Gasteiger charge is -2.62. The van der Waals surface area contributed by atoms with Gasteiger partial charge in [-0.3, -0.25) is 0 Å². The predicted molar refractivity (Wildman–Crippen MR) is 110 cm³/mol. The Morgan fingerprint density at radius 2 is 1.66 bits per heavy atom. The lowest BCUT2D eigenvalue weighted by atomic mass is 9.43. The summed E-state index contributed by atoms with van der Waals surface area (Å²) in [5, 5.41) is 40.5. The minimum Gasteiger partial charge on any atom is -0.479 e. The Morgan fingerprint density at radius 3 is 2.34 bits per heavy atom. The van der Waals surface area contributed by atoms with Gasteiger partial charge >= 0.3 is 5.97 Å². The van der Waals surface area contributed by atoms with E-state index in [0.29, 0.717) is 36.0 Å². The Kier molecular flexibility index (Phi) is 5.57. The zero-order valence-electron chi connectivity index (χ0n) is 18.3. The quantitative estimate of drug-likeness (QED) is 0.571. The van der Waals surface area contributed by atoms with Crippen molar-refractivity contribution < 1.29 is 25.2 Å². The van der Waals surface area contributed by atoms with Crippen LogP contribution in [-0.4, -0.2) is 44.7 Å². The van der Waals surface area contributed by atoms with E-state index in [9.17, 15) is 20.1 Å². The van der Waals surface area contributed by atoms with Gasteiger partial charge in [0.05, 0.1) is 12.2 Å². The molecule has 5 unspecified atom stereocenters. The van der Waals surface area contributed by atoms with Crippen molar-refractivity contribution >= 4 is 5.97 Å². The topological polar surface area (TPSA) is 98.0 Å². The molecule has 4 aliphatic carbocycles. The van der Waals surface area contributed by atoms with E-state index in [0.717, 1.165) is 51.4 Å². The summed E-state index contributed by atoms with van der Waals surface area (Å²) in [5.41, 5.74) is 0.352. The van der Waals surface area contributed by atoms with Crippen molar-refractivity contribution in [3.63, 3.8) is 0 Å². The fourth-order valence-electron chi connectivity index (χ4n) is 8.79. The highest BCUT2D eigenvalue weighted by Crippen LogP contribution is 2.68. The molecule has 29 heavy (non-hydrogen) atoms. The molecule has 4 fully saturated rings. The van der Waals surface area contributed by atoms with Crippen LogP contribution < -0.4 is 0 Å². The zero-order chi connectivity index (χ0) is 21.1. The maximum Gasteiger partial charge on any atom is 0.332 e. The fraction of sp³-hybridized carbons (Fsp3) is 0.958. The van der Waals surface area contributed by atoms with Crippen molar-refractivity contribution in [1.82, 2.24) is 0 Å². The Morgan fingerprint density at radius 1 is 1.00 bits per heavy atom. The average Bonchev–Trinajstić information content (AvgIpc) is 3.00. The summed E-state index contributed by atoms with van der Waals surface area (Å²) >= 11 is 0. The molecule has 4 aliphatic rings. The molecule has 4 saturated carbocycles. The molecule has 0 radical (unpaired) electrons. The molecule has 11 atom stereocenters. The third-order valence-electron chi connectivity index (χ3n) is 10.3. The second kappa shape index (κ2) is 7.49. The summed E-state index contributed by atoms with van der Waals surface area (Å²) in [5.74, 6) is 1.22. The molecular formula is C24H40O5. The largest absolute Gasteiger partial charge is 0.479 e. The highest BCUT2D eigenvalue weighted by molar-refractivity contribution is 5.71. The van der Waals surface area contributed by atoms with E-state index in [1.54, 1.807) is 0 Å². The summed E-state index contributed by atoms with van der Waals surface area (Å²) in [6, 6.07) is 0. The molecule has 0 heterocycles. The van der Waals surface area contributed by atoms with Crippen molar-refractivity contribution in [2.75, 3.05) is 0 Å². The van der Waals surface area contributed by atoms with E-state index >= 15 is 0 Å². The molecule has 5 heteroatoms. The summed E-state index contributed by atoms with van der Waals surface area (Å²) in [6.07, 6.45) is 6.60. The van der Waals surface area contributed by atoms with Crippen LogP contribution in [0.25, 0.3) is 0 Å². The lowest BCUT2D eigenvalue weighted by molar-refractivity contribution is -0.174. The average molecular weight is 409 g/mol. The molecule has 0 aromatic carbocycles. The van der Waals surface area contributed by atoms with Crippen molar-refractivity contribution in [3.05, 3.63) is 0 Å². The molecule has 0 aromatic rings. The summed E-state index contributed by atoms with van der Waals surface area (Å²) in [6.45, 7) is 6.91. The molecule has 4 N–H and O–H groups in total. The number of rotatable bonds is 4. The van der Waals surface area contributed by atoms with Crippen LogP contribution in [0.4, 0.5) is 0 Å². The lowest BCUT2D eigenvalue weighted by Crippen LogP contribution is -2.58. The first-order chi connectivity index (χ1) is 13.6. The fourth-order valence-corrected chi connectivity index (χ4v) is 8.79. The SMILES string of the molecule is C[C@H](C[C@@H](O)C(=O)O)C1CCC2C3C(CC[C@@]21C)[C@@]1(C)CC[C@@H](O)CC1C[C@H]3O. The Labute approximate surface area is 174 Å². The minimum absolute atomic E-state index is 0.122. The maximum absolute atomic E-state index is 11.2. The predicted octanol–water partition coefficient (Wildman–Crippen LogP) is 3.45. The molecule has 5 nitrogen and oxygen atoms in total. The normalized spacial score (nSPS) is 51.4. The van der Waals surface area contributed by atoms with Crippen molar-refractivity contribution in [2.24, 2.45) is 46.3 Å². The summed E-state index contributed by atoms with van der Waals surface area (Å²) in [4.78, 5) is 11.1. The first kappa shape index (κ1) is 21.6. The van der Waals surface area contributed by atoms with E-state index < -0.39 is 12.1 Å². The standard InChI is InChI=1S/C24H40O5/c1-13(10-20(27)22(28)29)16-4-5-17-21-18(7-9-24(16,17)3)23(2)8-6-15(25)11-14(23)12-19(21)26/h13-21,25-27H,4-12H2,1-3H3,(H,28,29)/t13-,14?,15-,16?,17?,18?,19-,20-,21?,23+,24-/m1/s1. The van der Waals surface area contributed by atoms with Crippen molar-refractivity contribution in [2.45, 2.75) is 96.9 Å². The number of fused-ring (bicyclic) bond motifs is 5. The van der Waals surface area contributed by atoms with Gasteiger partial charge in [0.25, 0.3) is 0 Å². The van der Waals surface area contributed by atoms with Gasteiger partial charge < -0.3 is 20.4 Å². The number of aliphatic carboxylic acids is 1. The number of carboxylic acids is 1. The Balaban J connectivity index is 1.56. The molecular weight excluding hydrogens is 368 g/mol. The van der Waals surface area contributed by atoms with E-state index in [-0.39, 0.29) is 29.0 Å². The highest BCUT2D eigenvalue weighted by Gasteiger charge is 2.62. The third-order valence-corrected chi connectivity index (χ3v) is 10.3. The van der Waals surface area contributed by atoms with Crippen LogP contribution >= 0.6 is 0 Å². The van der Waals surface area contributed by atoms with Gasteiger partial charge in [-0.15, -0.1) is 0 Å². The first-order valence-corrected chi connectivity index (χ1v) is 11.8. The number of hydrogen-bond donors (Lipinski definition) is 4. The maximum atomic E-state index is 11.2. The van der Waals surface area contributed by atoms with E-state index in [1.165, 1.54) is 0 Å². The van der Waals surface area contributed by atoms with Crippen LogP contribution in [0.5, 0.6) is 0 Å². The smallest absolute Gasteiger partial charge is 0.332 e. The minimum atomic E-state index is -1.28. The first-order valence-electron chi connectivity index (χ1n) is 11.8. The molecule has 4 rings (SSSR count). The summed E-state index contributed by atoms with van der Waals surface area (Å²) in [7, 11) is 0. The molecule has 0 bridgehead atoms. The van der Waals surface area contributed by atoms with E-state index in [2.05, 4.69) is 20.8 Å². The second-order valence-corrected chi connectivity index (χ2v) is 11.5. The van der Waals surface area contributed by atoms with Gasteiger partial charge in [-0.1, -0.05) is 20.8 Å². The zero-order valence-corrected chi connectivity index (χ0v) is 18.3. The van der Waals surface area contributed by atoms with Gasteiger partial charge in [0.15, 0.2) is 6.10 Å². The number of aliphatic hydroxyl groups excluding tert-OH is 3. The van der Waals surface area contributed by atoms with Crippen molar-refractivity contribution in [1.29, 1.82) is 0 Å². The van der Waals surface area contributed by atoms with Crippen LogP contribution in [-0.2, 0) is 4.79 Å². The number of hydrogen-bond acceptors (Lipinski definition) is 4. The third kappa shape index (κ3) is 3.36. The van der Waals surface area contributed by atoms with Gasteiger partial charge in [0.2, 0.25) is 0 Å². The molecule has 0 aromatic heterocycles. The van der Waals surface area contributed by atoms with Crippen LogP contribution in [0.15, 0.2) is 0 Å². The van der Waals surface area contributed by atoms with Crippen LogP contribution in [0.3, 0.4) is 0 Å². The van der Waals surface area contributed by atoms with Crippen LogP contribution in [0.2, 0.25) is 0 Å². The number of carboxylic acid groups (broad SMARTS) is 1. The van der Waals surface area contributed by atoms with Crippen LogP contribution in [0, 0.1) is 46.3 Å². The van der Waals surface area contributed by atoms with Gasteiger partial charge in [-0.25, -0.2) is 4.79 Å². The second-order valence-electron chi connectivity index (χ2n) is 11.5. The molecule has 0 aliphatic heterocycles. The monoisotopic (exact) mass is 408 g/mol. The Hall–Kier alpha value is -0.650. The van der Waals surface area contributed by atoms with E-state index in [4.69, 9.17) is 5.11 Å². The molecule has 0 spiro atoms. The van der Waals surface area contributed by atoms with E-state index in [1.807, 2.05) is 0 Å². The molecule has 0 saturated heterocycles. The Bertz CT molecular complexity index is 637. The summed E-state index contributed by atoms with van der Waals surface area (Å²) < 4.78 is 0. The number of aliphatic hydroxyl groups is 3. The van der Waals surface area contributed by atoms with Gasteiger partial charge in [-0.05, 0) is 104 Å². The number of carbonyl (C=O) groups is 1. The van der Waals surface area contributed by atoms with Gasteiger partial charge in [-0.2, -0.15) is 0 Å². The van der Waals surface area contributed by atoms with Gasteiger partial charge in [0, 0.05) is 0 Å². The molecule has 166 valence electrons.